The molecule has 0 unspecified atom stereocenters. The summed E-state index contributed by atoms with van der Waals surface area (Å²) in [7, 11) is -1.48. The van der Waals surface area contributed by atoms with Crippen molar-refractivity contribution in [3.8, 4) is 0 Å². The monoisotopic (exact) mass is 218 g/mol. The predicted molar refractivity (Wildman–Crippen MR) is 65.1 cm³/mol. The van der Waals surface area contributed by atoms with Gasteiger partial charge in [-0.2, -0.15) is 0 Å². The fourth-order valence-electron chi connectivity index (χ4n) is 1.19. The third-order valence-corrected chi connectivity index (χ3v) is 2.22. The van der Waals surface area contributed by atoms with Gasteiger partial charge >= 0.3 is 7.12 Å². The van der Waals surface area contributed by atoms with Gasteiger partial charge in [0.15, 0.2) is 5.78 Å². The van der Waals surface area contributed by atoms with Crippen molar-refractivity contribution in [3.05, 3.63) is 35.9 Å². The van der Waals surface area contributed by atoms with Crippen LogP contribution in [0.25, 0.3) is 6.08 Å². The summed E-state index contributed by atoms with van der Waals surface area (Å²) < 4.78 is 0. The molecule has 0 radical (unpaired) electrons. The van der Waals surface area contributed by atoms with Crippen molar-refractivity contribution in [3.63, 3.8) is 0 Å². The molecule has 1 aromatic carbocycles. The molecule has 2 N–H and O–H groups in total. The summed E-state index contributed by atoms with van der Waals surface area (Å²) >= 11 is 0. The van der Waals surface area contributed by atoms with Crippen LogP contribution in [0.1, 0.15) is 19.4 Å². The topological polar surface area (TPSA) is 57.5 Å². The third kappa shape index (κ3) is 3.64. The largest absolute Gasteiger partial charge is 0.488 e. The Labute approximate surface area is 95.6 Å². The Balaban J connectivity index is 2.82. The molecule has 0 aromatic heterocycles. The average molecular weight is 218 g/mol. The number of allylic oxidation sites excluding steroid dienone is 1. The summed E-state index contributed by atoms with van der Waals surface area (Å²) in [5.74, 6) is 0.0258. The first-order chi connectivity index (χ1) is 7.50. The van der Waals surface area contributed by atoms with Gasteiger partial charge in [-0.3, -0.25) is 4.79 Å². The van der Waals surface area contributed by atoms with Crippen molar-refractivity contribution in [2.24, 2.45) is 5.92 Å². The Morgan fingerprint density at radius 1 is 1.38 bits per heavy atom. The van der Waals surface area contributed by atoms with E-state index >= 15 is 0 Å². The van der Waals surface area contributed by atoms with Crippen LogP contribution in [0.4, 0.5) is 0 Å². The zero-order valence-corrected chi connectivity index (χ0v) is 9.42. The first kappa shape index (κ1) is 12.7. The maximum absolute atomic E-state index is 11.3. The molecule has 0 bridgehead atoms. The number of rotatable bonds is 4. The number of hydrogen-bond acceptors (Lipinski definition) is 3. The molecule has 0 fully saturated rings. The Bertz CT molecular complexity index is 397. The van der Waals surface area contributed by atoms with Gasteiger partial charge in [-0.15, -0.1) is 0 Å². The predicted octanol–water partition coefficient (Wildman–Crippen LogP) is 0.605. The molecular weight excluding hydrogens is 203 g/mol. The zero-order chi connectivity index (χ0) is 12.1. The molecule has 0 atom stereocenters. The molecule has 0 amide bonds. The minimum absolute atomic E-state index is 0.0251. The van der Waals surface area contributed by atoms with Crippen LogP contribution in [0.3, 0.4) is 0 Å². The zero-order valence-electron chi connectivity index (χ0n) is 9.42. The van der Waals surface area contributed by atoms with E-state index in [-0.39, 0.29) is 11.7 Å². The number of carbonyl (C=O) groups is 1. The summed E-state index contributed by atoms with van der Waals surface area (Å²) in [6, 6.07) is 6.77. The minimum atomic E-state index is -1.48. The Morgan fingerprint density at radius 3 is 2.62 bits per heavy atom. The molecule has 1 aromatic rings. The lowest BCUT2D eigenvalue weighted by molar-refractivity contribution is -0.117. The van der Waals surface area contributed by atoms with E-state index in [2.05, 4.69) is 0 Å². The molecule has 84 valence electrons. The SMILES string of the molecule is CC(C)C(=O)/C=C/c1cccc(B(O)O)c1. The van der Waals surface area contributed by atoms with Crippen LogP contribution in [0.15, 0.2) is 30.3 Å². The van der Waals surface area contributed by atoms with E-state index in [1.165, 1.54) is 6.08 Å². The molecule has 0 aliphatic heterocycles. The lowest BCUT2D eigenvalue weighted by atomic mass is 9.79. The Hall–Kier alpha value is -1.39. The Morgan fingerprint density at radius 2 is 2.06 bits per heavy atom. The summed E-state index contributed by atoms with van der Waals surface area (Å²) in [5.41, 5.74) is 1.19. The van der Waals surface area contributed by atoms with Gasteiger partial charge in [-0.1, -0.05) is 44.2 Å². The highest BCUT2D eigenvalue weighted by atomic mass is 16.4. The van der Waals surface area contributed by atoms with E-state index in [0.717, 1.165) is 5.56 Å². The van der Waals surface area contributed by atoms with Crippen LogP contribution < -0.4 is 5.46 Å². The number of ketones is 1. The minimum Gasteiger partial charge on any atom is -0.423 e. The van der Waals surface area contributed by atoms with E-state index in [9.17, 15) is 4.79 Å². The molecule has 0 spiro atoms. The standard InChI is InChI=1S/C12H15BO3/c1-9(2)12(14)7-6-10-4-3-5-11(8-10)13(15)16/h3-9,15-16H,1-2H3/b7-6+. The van der Waals surface area contributed by atoms with Crippen LogP contribution in [0, 0.1) is 5.92 Å². The summed E-state index contributed by atoms with van der Waals surface area (Å²) in [6.07, 6.45) is 3.18. The quantitative estimate of drug-likeness (QED) is 0.574. The average Bonchev–Trinajstić information content (AvgIpc) is 2.26. The van der Waals surface area contributed by atoms with Crippen molar-refractivity contribution < 1.29 is 14.8 Å². The van der Waals surface area contributed by atoms with Crippen LogP contribution in [0.5, 0.6) is 0 Å². The van der Waals surface area contributed by atoms with Crippen molar-refractivity contribution in [1.82, 2.24) is 0 Å². The molecule has 1 rings (SSSR count). The second-order valence-electron chi connectivity index (χ2n) is 3.93. The molecule has 0 aliphatic carbocycles. The van der Waals surface area contributed by atoms with Gasteiger partial charge in [-0.25, -0.2) is 0 Å². The molecule has 0 saturated carbocycles. The molecular formula is C12H15BO3. The second-order valence-corrected chi connectivity index (χ2v) is 3.93. The second kappa shape index (κ2) is 5.63. The van der Waals surface area contributed by atoms with Crippen LogP contribution in [0.2, 0.25) is 0 Å². The molecule has 0 saturated heterocycles. The van der Waals surface area contributed by atoms with Crippen molar-refractivity contribution in [2.45, 2.75) is 13.8 Å². The van der Waals surface area contributed by atoms with Gasteiger partial charge in [0.25, 0.3) is 0 Å². The van der Waals surface area contributed by atoms with Gasteiger partial charge in [0, 0.05) is 5.92 Å². The number of benzene rings is 1. The fraction of sp³-hybridized carbons (Fsp3) is 0.250. The van der Waals surface area contributed by atoms with E-state index in [1.54, 1.807) is 30.3 Å². The van der Waals surface area contributed by atoms with Gasteiger partial charge in [0.1, 0.15) is 0 Å². The van der Waals surface area contributed by atoms with Crippen molar-refractivity contribution >= 4 is 24.4 Å². The highest BCUT2D eigenvalue weighted by Crippen LogP contribution is 2.03. The highest BCUT2D eigenvalue weighted by Gasteiger charge is 2.09. The molecule has 0 heterocycles. The highest BCUT2D eigenvalue weighted by molar-refractivity contribution is 6.58. The van der Waals surface area contributed by atoms with E-state index in [4.69, 9.17) is 10.0 Å². The molecule has 16 heavy (non-hydrogen) atoms. The van der Waals surface area contributed by atoms with E-state index < -0.39 is 7.12 Å². The number of hydrogen-bond donors (Lipinski definition) is 2. The van der Waals surface area contributed by atoms with Crippen molar-refractivity contribution in [1.29, 1.82) is 0 Å². The van der Waals surface area contributed by atoms with Gasteiger partial charge in [0.05, 0.1) is 0 Å². The first-order valence-electron chi connectivity index (χ1n) is 5.18. The van der Waals surface area contributed by atoms with Gasteiger partial charge in [-0.05, 0) is 17.1 Å². The van der Waals surface area contributed by atoms with E-state index in [1.807, 2.05) is 13.8 Å². The molecule has 4 heteroatoms. The van der Waals surface area contributed by atoms with Crippen LogP contribution in [-0.4, -0.2) is 22.9 Å². The molecule has 0 aliphatic rings. The smallest absolute Gasteiger partial charge is 0.423 e. The Kier molecular flexibility index (Phi) is 4.46. The maximum Gasteiger partial charge on any atom is 0.488 e. The summed E-state index contributed by atoms with van der Waals surface area (Å²) in [4.78, 5) is 11.3. The lowest BCUT2D eigenvalue weighted by Crippen LogP contribution is -2.29. The van der Waals surface area contributed by atoms with Gasteiger partial charge in [0.2, 0.25) is 0 Å². The maximum atomic E-state index is 11.3. The normalized spacial score (nSPS) is 11.1. The lowest BCUT2D eigenvalue weighted by Gasteiger charge is -2.01. The third-order valence-electron chi connectivity index (χ3n) is 2.22. The van der Waals surface area contributed by atoms with Gasteiger partial charge < -0.3 is 10.0 Å². The van der Waals surface area contributed by atoms with Crippen molar-refractivity contribution in [2.75, 3.05) is 0 Å². The van der Waals surface area contributed by atoms with Crippen LogP contribution >= 0.6 is 0 Å². The molecule has 3 nitrogen and oxygen atoms in total. The first-order valence-corrected chi connectivity index (χ1v) is 5.18. The fourth-order valence-corrected chi connectivity index (χ4v) is 1.19. The van der Waals surface area contributed by atoms with E-state index in [0.29, 0.717) is 5.46 Å². The summed E-state index contributed by atoms with van der Waals surface area (Å²) in [6.45, 7) is 3.67. The summed E-state index contributed by atoms with van der Waals surface area (Å²) in [5, 5.41) is 18.0. The number of carbonyl (C=O) groups excluding carboxylic acids is 1. The van der Waals surface area contributed by atoms with Crippen LogP contribution in [-0.2, 0) is 4.79 Å².